The molecule has 1 atom stereocenters. The highest BCUT2D eigenvalue weighted by Gasteiger charge is 2.23. The summed E-state index contributed by atoms with van der Waals surface area (Å²) in [6.45, 7) is 4.74. The molecule has 3 heteroatoms. The van der Waals surface area contributed by atoms with Crippen molar-refractivity contribution in [1.29, 1.82) is 0 Å². The van der Waals surface area contributed by atoms with Crippen LogP contribution in [0, 0.1) is 13.8 Å². The molecule has 1 aliphatic rings. The molecule has 0 radical (unpaired) electrons. The number of carbonyl (C=O) groups is 1. The summed E-state index contributed by atoms with van der Waals surface area (Å²) in [6.07, 6.45) is 1.54. The van der Waals surface area contributed by atoms with Crippen molar-refractivity contribution in [2.75, 3.05) is 11.9 Å². The van der Waals surface area contributed by atoms with Gasteiger partial charge in [-0.25, -0.2) is 0 Å². The van der Waals surface area contributed by atoms with E-state index in [4.69, 9.17) is 4.74 Å². The number of hydrogen-bond acceptors (Lipinski definition) is 2. The predicted molar refractivity (Wildman–Crippen MR) is 63.5 cm³/mol. The van der Waals surface area contributed by atoms with Crippen LogP contribution in [0.25, 0.3) is 0 Å². The largest absolute Gasteiger partial charge is 0.368 e. The Labute approximate surface area is 95.8 Å². The normalized spacial score (nSPS) is 19.8. The Kier molecular flexibility index (Phi) is 3.25. The molecular weight excluding hydrogens is 202 g/mol. The van der Waals surface area contributed by atoms with E-state index in [1.165, 1.54) is 5.56 Å². The molecule has 86 valence electrons. The summed E-state index contributed by atoms with van der Waals surface area (Å²) in [5.74, 6) is -0.0237. The van der Waals surface area contributed by atoms with Crippen molar-refractivity contribution in [3.63, 3.8) is 0 Å². The van der Waals surface area contributed by atoms with Gasteiger partial charge in [-0.1, -0.05) is 17.7 Å². The SMILES string of the molecule is Cc1ccc(NC(=O)C2CCCO2)c(C)c1. The number of hydrogen-bond donors (Lipinski definition) is 1. The second-order valence-electron chi connectivity index (χ2n) is 4.31. The average molecular weight is 219 g/mol. The van der Waals surface area contributed by atoms with Crippen LogP contribution in [-0.2, 0) is 9.53 Å². The van der Waals surface area contributed by atoms with Gasteiger partial charge in [0.15, 0.2) is 0 Å². The van der Waals surface area contributed by atoms with E-state index in [0.717, 1.165) is 24.1 Å². The third-order valence-corrected chi connectivity index (χ3v) is 2.86. The average Bonchev–Trinajstić information content (AvgIpc) is 2.75. The van der Waals surface area contributed by atoms with Crippen LogP contribution in [0.1, 0.15) is 24.0 Å². The van der Waals surface area contributed by atoms with Gasteiger partial charge in [-0.15, -0.1) is 0 Å². The second kappa shape index (κ2) is 4.66. The molecule has 16 heavy (non-hydrogen) atoms. The first kappa shape index (κ1) is 11.1. The number of amides is 1. The van der Waals surface area contributed by atoms with E-state index >= 15 is 0 Å². The van der Waals surface area contributed by atoms with Gasteiger partial charge in [0.1, 0.15) is 6.10 Å². The minimum Gasteiger partial charge on any atom is -0.368 e. The maximum Gasteiger partial charge on any atom is 0.253 e. The van der Waals surface area contributed by atoms with Crippen molar-refractivity contribution in [3.05, 3.63) is 29.3 Å². The Morgan fingerprint density at radius 3 is 2.88 bits per heavy atom. The third-order valence-electron chi connectivity index (χ3n) is 2.86. The van der Waals surface area contributed by atoms with Crippen molar-refractivity contribution >= 4 is 11.6 Å². The Hall–Kier alpha value is -1.35. The molecule has 0 bridgehead atoms. The summed E-state index contributed by atoms with van der Waals surface area (Å²) in [5, 5.41) is 2.92. The molecule has 0 spiro atoms. The molecule has 0 aromatic heterocycles. The van der Waals surface area contributed by atoms with Crippen LogP contribution in [0.2, 0.25) is 0 Å². The standard InChI is InChI=1S/C13H17NO2/c1-9-5-6-11(10(2)8-9)14-13(15)12-4-3-7-16-12/h5-6,8,12H,3-4,7H2,1-2H3,(H,14,15). The van der Waals surface area contributed by atoms with Gasteiger partial charge in [0.05, 0.1) is 0 Å². The van der Waals surface area contributed by atoms with Crippen LogP contribution in [-0.4, -0.2) is 18.6 Å². The van der Waals surface area contributed by atoms with E-state index in [2.05, 4.69) is 11.4 Å². The third kappa shape index (κ3) is 2.42. The van der Waals surface area contributed by atoms with E-state index in [0.29, 0.717) is 6.61 Å². The Bertz CT molecular complexity index is 395. The summed E-state index contributed by atoms with van der Waals surface area (Å²) < 4.78 is 5.34. The van der Waals surface area contributed by atoms with Crippen LogP contribution in [0.3, 0.4) is 0 Å². The van der Waals surface area contributed by atoms with E-state index in [1.54, 1.807) is 0 Å². The Morgan fingerprint density at radius 2 is 2.25 bits per heavy atom. The van der Waals surface area contributed by atoms with Crippen LogP contribution in [0.15, 0.2) is 18.2 Å². The van der Waals surface area contributed by atoms with Gasteiger partial charge in [-0.2, -0.15) is 0 Å². The lowest BCUT2D eigenvalue weighted by Crippen LogP contribution is -2.27. The highest BCUT2D eigenvalue weighted by Crippen LogP contribution is 2.19. The number of carbonyl (C=O) groups excluding carboxylic acids is 1. The van der Waals surface area contributed by atoms with Crippen molar-refractivity contribution in [2.24, 2.45) is 0 Å². The van der Waals surface area contributed by atoms with E-state index < -0.39 is 0 Å². The van der Waals surface area contributed by atoms with Crippen LogP contribution >= 0.6 is 0 Å². The number of anilines is 1. The number of aryl methyl sites for hydroxylation is 2. The lowest BCUT2D eigenvalue weighted by Gasteiger charge is -2.12. The first-order valence-corrected chi connectivity index (χ1v) is 5.66. The summed E-state index contributed by atoms with van der Waals surface area (Å²) >= 11 is 0. The van der Waals surface area contributed by atoms with E-state index in [9.17, 15) is 4.79 Å². The molecule has 1 heterocycles. The molecule has 1 saturated heterocycles. The van der Waals surface area contributed by atoms with Gasteiger partial charge in [0.25, 0.3) is 5.91 Å². The topological polar surface area (TPSA) is 38.3 Å². The minimum atomic E-state index is -0.263. The van der Waals surface area contributed by atoms with Gasteiger partial charge < -0.3 is 10.1 Å². The number of nitrogens with one attached hydrogen (secondary N) is 1. The highest BCUT2D eigenvalue weighted by atomic mass is 16.5. The molecule has 1 aromatic carbocycles. The zero-order chi connectivity index (χ0) is 11.5. The van der Waals surface area contributed by atoms with E-state index in [1.807, 2.05) is 26.0 Å². The monoisotopic (exact) mass is 219 g/mol. The Balaban J connectivity index is 2.05. The number of benzene rings is 1. The zero-order valence-corrected chi connectivity index (χ0v) is 9.75. The fourth-order valence-corrected chi connectivity index (χ4v) is 1.95. The van der Waals surface area contributed by atoms with Gasteiger partial charge in [0, 0.05) is 12.3 Å². The lowest BCUT2D eigenvalue weighted by atomic mass is 10.1. The van der Waals surface area contributed by atoms with Gasteiger partial charge in [-0.05, 0) is 38.3 Å². The highest BCUT2D eigenvalue weighted by molar-refractivity contribution is 5.94. The molecule has 1 aromatic rings. The molecule has 1 aliphatic heterocycles. The first-order valence-electron chi connectivity index (χ1n) is 5.66. The molecule has 0 aliphatic carbocycles. The molecule has 1 fully saturated rings. The predicted octanol–water partition coefficient (Wildman–Crippen LogP) is 2.42. The van der Waals surface area contributed by atoms with Crippen LogP contribution in [0.5, 0.6) is 0 Å². The maximum atomic E-state index is 11.8. The lowest BCUT2D eigenvalue weighted by molar-refractivity contribution is -0.124. The fourth-order valence-electron chi connectivity index (χ4n) is 1.95. The molecule has 0 saturated carbocycles. The number of ether oxygens (including phenoxy) is 1. The summed E-state index contributed by atoms with van der Waals surface area (Å²) in [5.41, 5.74) is 3.17. The quantitative estimate of drug-likeness (QED) is 0.829. The van der Waals surface area contributed by atoms with Crippen LogP contribution < -0.4 is 5.32 Å². The summed E-state index contributed by atoms with van der Waals surface area (Å²) in [7, 11) is 0. The summed E-state index contributed by atoms with van der Waals surface area (Å²) in [4.78, 5) is 11.8. The second-order valence-corrected chi connectivity index (χ2v) is 4.31. The zero-order valence-electron chi connectivity index (χ0n) is 9.75. The number of rotatable bonds is 2. The van der Waals surface area contributed by atoms with Crippen molar-refractivity contribution < 1.29 is 9.53 Å². The smallest absolute Gasteiger partial charge is 0.253 e. The minimum absolute atomic E-state index is 0.0237. The molecule has 1 unspecified atom stereocenters. The Morgan fingerprint density at radius 1 is 1.44 bits per heavy atom. The first-order chi connectivity index (χ1) is 7.66. The molecule has 2 rings (SSSR count). The van der Waals surface area contributed by atoms with Gasteiger partial charge in [-0.3, -0.25) is 4.79 Å². The molecule has 1 amide bonds. The van der Waals surface area contributed by atoms with Gasteiger partial charge >= 0.3 is 0 Å². The summed E-state index contributed by atoms with van der Waals surface area (Å²) in [6, 6.07) is 6.00. The maximum absolute atomic E-state index is 11.8. The van der Waals surface area contributed by atoms with Crippen molar-refractivity contribution in [3.8, 4) is 0 Å². The fraction of sp³-hybridized carbons (Fsp3) is 0.462. The molecule has 1 N–H and O–H groups in total. The van der Waals surface area contributed by atoms with Crippen molar-refractivity contribution in [1.82, 2.24) is 0 Å². The van der Waals surface area contributed by atoms with Gasteiger partial charge in [0.2, 0.25) is 0 Å². The van der Waals surface area contributed by atoms with Crippen molar-refractivity contribution in [2.45, 2.75) is 32.8 Å². The molecular formula is C13H17NO2. The molecule has 3 nitrogen and oxygen atoms in total. The van der Waals surface area contributed by atoms with E-state index in [-0.39, 0.29) is 12.0 Å². The van der Waals surface area contributed by atoms with Crippen LogP contribution in [0.4, 0.5) is 5.69 Å².